The van der Waals surface area contributed by atoms with E-state index in [4.69, 9.17) is 5.11 Å². The van der Waals surface area contributed by atoms with Crippen molar-refractivity contribution in [3.63, 3.8) is 0 Å². The number of carbonyl (C=O) groups is 1. The number of fused-ring (bicyclic) bond motifs is 1. The molecular weight excluding hydrogens is 210 g/mol. The fraction of sp³-hybridized carbons (Fsp3) is 0.0909. The summed E-state index contributed by atoms with van der Waals surface area (Å²) < 4.78 is 0. The van der Waals surface area contributed by atoms with Crippen LogP contribution in [0.5, 0.6) is 0 Å². The summed E-state index contributed by atoms with van der Waals surface area (Å²) in [6, 6.07) is 7.39. The Morgan fingerprint density at radius 1 is 1.47 bits per heavy atom. The van der Waals surface area contributed by atoms with Gasteiger partial charge in [0.2, 0.25) is 0 Å². The minimum Gasteiger partial charge on any atom is -0.478 e. The van der Waals surface area contributed by atoms with Crippen LogP contribution in [0.2, 0.25) is 0 Å². The number of aromatic carboxylic acids is 1. The summed E-state index contributed by atoms with van der Waals surface area (Å²) in [5, 5.41) is 9.69. The second-order valence-corrected chi connectivity index (χ2v) is 3.91. The number of aromatic nitrogens is 1. The number of rotatable bonds is 2. The summed E-state index contributed by atoms with van der Waals surface area (Å²) in [4.78, 5) is 16.0. The molecule has 0 unspecified atom stereocenters. The van der Waals surface area contributed by atoms with Crippen molar-refractivity contribution in [2.45, 2.75) is 4.90 Å². The fourth-order valence-electron chi connectivity index (χ4n) is 1.41. The molecule has 0 radical (unpaired) electrons. The van der Waals surface area contributed by atoms with Crippen molar-refractivity contribution in [3.05, 3.63) is 36.0 Å². The van der Waals surface area contributed by atoms with Crippen molar-refractivity contribution in [2.75, 3.05) is 6.26 Å². The summed E-state index contributed by atoms with van der Waals surface area (Å²) in [5.41, 5.74) is 1.08. The SMILES string of the molecule is CSc1cccc2cc(C(=O)O)cnc12. The third kappa shape index (κ3) is 1.80. The summed E-state index contributed by atoms with van der Waals surface area (Å²) in [6.45, 7) is 0. The molecule has 0 fully saturated rings. The van der Waals surface area contributed by atoms with E-state index in [0.717, 1.165) is 15.8 Å². The van der Waals surface area contributed by atoms with Gasteiger partial charge in [-0.25, -0.2) is 4.79 Å². The van der Waals surface area contributed by atoms with Crippen LogP contribution in [-0.2, 0) is 0 Å². The molecule has 76 valence electrons. The lowest BCUT2D eigenvalue weighted by molar-refractivity contribution is 0.0696. The highest BCUT2D eigenvalue weighted by Gasteiger charge is 2.06. The smallest absolute Gasteiger partial charge is 0.337 e. The Morgan fingerprint density at radius 2 is 2.27 bits per heavy atom. The first-order valence-corrected chi connectivity index (χ1v) is 5.61. The molecule has 1 heterocycles. The van der Waals surface area contributed by atoms with Crippen LogP contribution in [0.15, 0.2) is 35.4 Å². The Hall–Kier alpha value is -1.55. The van der Waals surface area contributed by atoms with E-state index in [-0.39, 0.29) is 5.56 Å². The minimum atomic E-state index is -0.945. The molecule has 3 nitrogen and oxygen atoms in total. The van der Waals surface area contributed by atoms with Crippen LogP contribution in [0.3, 0.4) is 0 Å². The van der Waals surface area contributed by atoms with Gasteiger partial charge >= 0.3 is 5.97 Å². The van der Waals surface area contributed by atoms with Gasteiger partial charge in [0.05, 0.1) is 11.1 Å². The van der Waals surface area contributed by atoms with Crippen LogP contribution < -0.4 is 0 Å². The van der Waals surface area contributed by atoms with E-state index in [2.05, 4.69) is 4.98 Å². The van der Waals surface area contributed by atoms with Gasteiger partial charge in [-0.15, -0.1) is 11.8 Å². The Balaban J connectivity index is 2.69. The molecule has 2 rings (SSSR count). The highest BCUT2D eigenvalue weighted by molar-refractivity contribution is 7.98. The van der Waals surface area contributed by atoms with E-state index in [1.807, 2.05) is 24.5 Å². The van der Waals surface area contributed by atoms with Gasteiger partial charge in [-0.05, 0) is 18.4 Å². The summed E-state index contributed by atoms with van der Waals surface area (Å²) >= 11 is 1.60. The molecule has 0 spiro atoms. The molecule has 0 saturated heterocycles. The molecule has 1 N–H and O–H groups in total. The van der Waals surface area contributed by atoms with E-state index < -0.39 is 5.97 Å². The molecule has 4 heteroatoms. The maximum absolute atomic E-state index is 10.8. The first-order valence-electron chi connectivity index (χ1n) is 4.38. The zero-order valence-corrected chi connectivity index (χ0v) is 8.91. The van der Waals surface area contributed by atoms with E-state index in [1.165, 1.54) is 6.20 Å². The quantitative estimate of drug-likeness (QED) is 0.789. The van der Waals surface area contributed by atoms with Gasteiger partial charge < -0.3 is 5.11 Å². The number of thioether (sulfide) groups is 1. The standard InChI is InChI=1S/C11H9NO2S/c1-15-9-4-2-3-7-5-8(11(13)14)6-12-10(7)9/h2-6H,1H3,(H,13,14). The largest absolute Gasteiger partial charge is 0.478 e. The maximum atomic E-state index is 10.8. The predicted octanol–water partition coefficient (Wildman–Crippen LogP) is 2.65. The molecule has 0 aliphatic carbocycles. The zero-order valence-electron chi connectivity index (χ0n) is 8.10. The van der Waals surface area contributed by atoms with Crippen molar-refractivity contribution in [1.82, 2.24) is 4.98 Å². The molecule has 0 bridgehead atoms. The monoisotopic (exact) mass is 219 g/mol. The van der Waals surface area contributed by atoms with E-state index >= 15 is 0 Å². The number of pyridine rings is 1. The van der Waals surface area contributed by atoms with Gasteiger partial charge in [0, 0.05) is 16.5 Å². The fourth-order valence-corrected chi connectivity index (χ4v) is 1.99. The molecule has 15 heavy (non-hydrogen) atoms. The third-order valence-corrected chi connectivity index (χ3v) is 2.91. The molecule has 0 aliphatic rings. The molecule has 0 aliphatic heterocycles. The number of hydrogen-bond donors (Lipinski definition) is 1. The van der Waals surface area contributed by atoms with E-state index in [0.29, 0.717) is 0 Å². The average Bonchev–Trinajstić information content (AvgIpc) is 2.27. The van der Waals surface area contributed by atoms with Crippen molar-refractivity contribution in [3.8, 4) is 0 Å². The molecule has 1 aromatic carbocycles. The van der Waals surface area contributed by atoms with Crippen molar-refractivity contribution >= 4 is 28.6 Å². The van der Waals surface area contributed by atoms with Gasteiger partial charge in [0.25, 0.3) is 0 Å². The summed E-state index contributed by atoms with van der Waals surface area (Å²) in [6.07, 6.45) is 3.37. The highest BCUT2D eigenvalue weighted by Crippen LogP contribution is 2.24. The van der Waals surface area contributed by atoms with E-state index in [1.54, 1.807) is 17.8 Å². The molecule has 0 saturated carbocycles. The first-order chi connectivity index (χ1) is 7.22. The molecule has 1 aromatic heterocycles. The lowest BCUT2D eigenvalue weighted by atomic mass is 10.1. The topological polar surface area (TPSA) is 50.2 Å². The number of carboxylic acids is 1. The van der Waals surface area contributed by atoms with Crippen molar-refractivity contribution in [1.29, 1.82) is 0 Å². The first kappa shape index (κ1) is 9.98. The Kier molecular flexibility index (Phi) is 2.60. The Bertz CT molecular complexity index is 525. The van der Waals surface area contributed by atoms with Crippen LogP contribution in [0.25, 0.3) is 10.9 Å². The number of nitrogens with zero attached hydrogens (tertiary/aromatic N) is 1. The normalized spacial score (nSPS) is 10.5. The van der Waals surface area contributed by atoms with Gasteiger partial charge in [0.15, 0.2) is 0 Å². The summed E-state index contributed by atoms with van der Waals surface area (Å²) in [7, 11) is 0. The number of benzene rings is 1. The summed E-state index contributed by atoms with van der Waals surface area (Å²) in [5.74, 6) is -0.945. The highest BCUT2D eigenvalue weighted by atomic mass is 32.2. The van der Waals surface area contributed by atoms with Gasteiger partial charge in [0.1, 0.15) is 0 Å². The molecule has 2 aromatic rings. The average molecular weight is 219 g/mol. The van der Waals surface area contributed by atoms with Crippen molar-refractivity contribution < 1.29 is 9.90 Å². The number of hydrogen-bond acceptors (Lipinski definition) is 3. The van der Waals surface area contributed by atoms with Gasteiger partial charge in [-0.3, -0.25) is 4.98 Å². The van der Waals surface area contributed by atoms with Crippen LogP contribution >= 0.6 is 11.8 Å². The molecule has 0 amide bonds. The van der Waals surface area contributed by atoms with Crippen LogP contribution in [0, 0.1) is 0 Å². The van der Waals surface area contributed by atoms with E-state index in [9.17, 15) is 4.79 Å². The minimum absolute atomic E-state index is 0.223. The van der Waals surface area contributed by atoms with Crippen LogP contribution in [0.4, 0.5) is 0 Å². The Morgan fingerprint density at radius 3 is 2.93 bits per heavy atom. The van der Waals surface area contributed by atoms with Crippen molar-refractivity contribution in [2.24, 2.45) is 0 Å². The zero-order chi connectivity index (χ0) is 10.8. The lowest BCUT2D eigenvalue weighted by Crippen LogP contribution is -1.97. The van der Waals surface area contributed by atoms with Crippen LogP contribution in [0.1, 0.15) is 10.4 Å². The second-order valence-electron chi connectivity index (χ2n) is 3.06. The lowest BCUT2D eigenvalue weighted by Gasteiger charge is -2.03. The Labute approximate surface area is 91.1 Å². The van der Waals surface area contributed by atoms with Gasteiger partial charge in [-0.2, -0.15) is 0 Å². The van der Waals surface area contributed by atoms with Gasteiger partial charge in [-0.1, -0.05) is 12.1 Å². The predicted molar refractivity (Wildman–Crippen MR) is 60.5 cm³/mol. The molecular formula is C11H9NO2S. The second kappa shape index (κ2) is 3.90. The number of carboxylic acid groups (broad SMARTS) is 1. The third-order valence-electron chi connectivity index (χ3n) is 2.14. The molecule has 0 atom stereocenters. The maximum Gasteiger partial charge on any atom is 0.337 e. The number of para-hydroxylation sites is 1. The van der Waals surface area contributed by atoms with Crippen LogP contribution in [-0.4, -0.2) is 22.3 Å².